The Morgan fingerprint density at radius 2 is 1.86 bits per heavy atom. The van der Waals surface area contributed by atoms with Gasteiger partial charge in [0.25, 0.3) is 0 Å². The molecular formula is C16H17F3N2. The number of anilines is 1. The Balaban J connectivity index is 2.37. The van der Waals surface area contributed by atoms with Crippen LogP contribution in [0.5, 0.6) is 0 Å². The van der Waals surface area contributed by atoms with Gasteiger partial charge in [-0.2, -0.15) is 0 Å². The summed E-state index contributed by atoms with van der Waals surface area (Å²) in [7, 11) is 0. The first kappa shape index (κ1) is 14.2. The zero-order valence-electron chi connectivity index (χ0n) is 12.1. The van der Waals surface area contributed by atoms with Gasteiger partial charge < -0.3 is 5.73 Å². The maximum absolute atomic E-state index is 14.7. The highest BCUT2D eigenvalue weighted by molar-refractivity contribution is 5.93. The standard InChI is InChI=1S/C16H17F3N2/c1-7-4-5-8-9(6-7)21-13-10(12(8)20)11(17)14(18)16(2,3)15(13)19/h4-6,11,14-15H,1-3H3,(H2,20,21). The molecule has 2 aromatic rings. The Morgan fingerprint density at radius 3 is 2.52 bits per heavy atom. The number of hydrogen-bond donors (Lipinski definition) is 1. The van der Waals surface area contributed by atoms with Crippen LogP contribution in [0.15, 0.2) is 18.2 Å². The summed E-state index contributed by atoms with van der Waals surface area (Å²) in [6.45, 7) is 4.62. The molecule has 3 rings (SSSR count). The van der Waals surface area contributed by atoms with Gasteiger partial charge in [-0.25, -0.2) is 18.2 Å². The smallest absolute Gasteiger partial charge is 0.161 e. The first-order chi connectivity index (χ1) is 9.75. The van der Waals surface area contributed by atoms with Gasteiger partial charge >= 0.3 is 0 Å². The lowest BCUT2D eigenvalue weighted by atomic mass is 9.71. The lowest BCUT2D eigenvalue weighted by molar-refractivity contribution is -0.0217. The lowest BCUT2D eigenvalue weighted by Crippen LogP contribution is -2.39. The van der Waals surface area contributed by atoms with Crippen molar-refractivity contribution in [3.63, 3.8) is 0 Å². The van der Waals surface area contributed by atoms with E-state index in [0.29, 0.717) is 10.9 Å². The molecule has 0 radical (unpaired) electrons. The maximum Gasteiger partial charge on any atom is 0.161 e. The van der Waals surface area contributed by atoms with Gasteiger partial charge in [0, 0.05) is 22.1 Å². The number of nitrogens with two attached hydrogens (primary N) is 1. The number of nitrogen functional groups attached to an aromatic ring is 1. The summed E-state index contributed by atoms with van der Waals surface area (Å²) in [6, 6.07) is 5.29. The molecule has 2 N–H and O–H groups in total. The number of nitrogens with zero attached hydrogens (tertiary/aromatic N) is 1. The van der Waals surface area contributed by atoms with Crippen molar-refractivity contribution in [2.75, 3.05) is 5.73 Å². The van der Waals surface area contributed by atoms with E-state index in [9.17, 15) is 13.2 Å². The van der Waals surface area contributed by atoms with Crippen LogP contribution in [-0.4, -0.2) is 11.2 Å². The number of halogens is 3. The third kappa shape index (κ3) is 1.83. The van der Waals surface area contributed by atoms with Gasteiger partial charge in [-0.3, -0.25) is 0 Å². The zero-order valence-corrected chi connectivity index (χ0v) is 12.1. The molecule has 0 spiro atoms. The molecule has 0 saturated heterocycles. The number of rotatable bonds is 0. The molecule has 3 unspecified atom stereocenters. The Labute approximate surface area is 121 Å². The van der Waals surface area contributed by atoms with E-state index in [1.807, 2.05) is 13.0 Å². The first-order valence-corrected chi connectivity index (χ1v) is 6.87. The molecular weight excluding hydrogens is 277 g/mol. The van der Waals surface area contributed by atoms with Crippen molar-refractivity contribution in [2.45, 2.75) is 39.3 Å². The molecule has 3 atom stereocenters. The van der Waals surface area contributed by atoms with Crippen LogP contribution in [-0.2, 0) is 0 Å². The quantitative estimate of drug-likeness (QED) is 0.775. The van der Waals surface area contributed by atoms with E-state index in [2.05, 4.69) is 4.98 Å². The molecule has 112 valence electrons. The summed E-state index contributed by atoms with van der Waals surface area (Å²) in [6.07, 6.45) is -5.60. The van der Waals surface area contributed by atoms with E-state index < -0.39 is 23.9 Å². The average Bonchev–Trinajstić information content (AvgIpc) is 2.43. The van der Waals surface area contributed by atoms with Crippen molar-refractivity contribution >= 4 is 16.6 Å². The number of benzene rings is 1. The van der Waals surface area contributed by atoms with Crippen LogP contribution >= 0.6 is 0 Å². The van der Waals surface area contributed by atoms with E-state index in [1.54, 1.807) is 12.1 Å². The summed E-state index contributed by atoms with van der Waals surface area (Å²) in [5.41, 5.74) is 5.84. The van der Waals surface area contributed by atoms with Crippen molar-refractivity contribution in [1.29, 1.82) is 0 Å². The summed E-state index contributed by atoms with van der Waals surface area (Å²) < 4.78 is 43.3. The summed E-state index contributed by atoms with van der Waals surface area (Å²) in [5.74, 6) is 0. The molecule has 1 heterocycles. The lowest BCUT2D eigenvalue weighted by Gasteiger charge is -2.39. The third-order valence-electron chi connectivity index (χ3n) is 4.39. The minimum atomic E-state index is -1.96. The molecule has 1 aliphatic carbocycles. The predicted octanol–water partition coefficient (Wildman–Crippen LogP) is 4.52. The number of pyridine rings is 1. The van der Waals surface area contributed by atoms with E-state index in [-0.39, 0.29) is 16.9 Å². The molecule has 0 saturated carbocycles. The fourth-order valence-corrected chi connectivity index (χ4v) is 2.93. The van der Waals surface area contributed by atoms with Crippen LogP contribution in [0.2, 0.25) is 0 Å². The minimum absolute atomic E-state index is 0.0722. The largest absolute Gasteiger partial charge is 0.398 e. The zero-order chi connectivity index (χ0) is 15.5. The predicted molar refractivity (Wildman–Crippen MR) is 77.3 cm³/mol. The highest BCUT2D eigenvalue weighted by Gasteiger charge is 2.51. The molecule has 21 heavy (non-hydrogen) atoms. The van der Waals surface area contributed by atoms with E-state index >= 15 is 0 Å². The van der Waals surface area contributed by atoms with Crippen molar-refractivity contribution in [2.24, 2.45) is 5.41 Å². The Morgan fingerprint density at radius 1 is 1.19 bits per heavy atom. The van der Waals surface area contributed by atoms with Gasteiger partial charge in [-0.05, 0) is 18.6 Å². The Kier molecular flexibility index (Phi) is 2.94. The highest BCUT2D eigenvalue weighted by Crippen LogP contribution is 2.54. The van der Waals surface area contributed by atoms with Gasteiger partial charge in [0.2, 0.25) is 0 Å². The van der Waals surface area contributed by atoms with Gasteiger partial charge in [-0.1, -0.05) is 26.0 Å². The normalized spacial score (nSPS) is 27.6. The SMILES string of the molecule is Cc1ccc2c(N)c3c(nc2c1)C(F)C(C)(C)C(F)C3F. The van der Waals surface area contributed by atoms with E-state index in [0.717, 1.165) is 5.56 Å². The van der Waals surface area contributed by atoms with Crippen LogP contribution in [0.25, 0.3) is 10.9 Å². The van der Waals surface area contributed by atoms with Crippen molar-refractivity contribution in [3.8, 4) is 0 Å². The van der Waals surface area contributed by atoms with Crippen LogP contribution in [0.4, 0.5) is 18.9 Å². The molecule has 0 bridgehead atoms. The van der Waals surface area contributed by atoms with Crippen LogP contribution in [0.1, 0.15) is 43.0 Å². The number of fused-ring (bicyclic) bond motifs is 2. The fraction of sp³-hybridized carbons (Fsp3) is 0.438. The maximum atomic E-state index is 14.7. The van der Waals surface area contributed by atoms with Crippen LogP contribution in [0, 0.1) is 12.3 Å². The number of aromatic nitrogens is 1. The second-order valence-corrected chi connectivity index (χ2v) is 6.33. The van der Waals surface area contributed by atoms with Gasteiger partial charge in [0.15, 0.2) is 12.3 Å². The molecule has 2 nitrogen and oxygen atoms in total. The molecule has 5 heteroatoms. The molecule has 1 aromatic carbocycles. The Hall–Kier alpha value is -1.78. The molecule has 0 amide bonds. The highest BCUT2D eigenvalue weighted by atomic mass is 19.2. The summed E-state index contributed by atoms with van der Waals surface area (Å²) in [4.78, 5) is 4.24. The van der Waals surface area contributed by atoms with E-state index in [1.165, 1.54) is 13.8 Å². The second kappa shape index (κ2) is 4.36. The molecule has 1 aromatic heterocycles. The number of aryl methyl sites for hydroxylation is 1. The Bertz CT molecular complexity index is 727. The minimum Gasteiger partial charge on any atom is -0.398 e. The number of hydrogen-bond acceptors (Lipinski definition) is 2. The molecule has 1 aliphatic rings. The summed E-state index contributed by atoms with van der Waals surface area (Å²) >= 11 is 0. The van der Waals surface area contributed by atoms with Crippen molar-refractivity contribution in [1.82, 2.24) is 4.98 Å². The van der Waals surface area contributed by atoms with Crippen LogP contribution < -0.4 is 5.73 Å². The van der Waals surface area contributed by atoms with Gasteiger partial charge in [0.1, 0.15) is 6.17 Å². The monoisotopic (exact) mass is 294 g/mol. The van der Waals surface area contributed by atoms with Crippen molar-refractivity contribution in [3.05, 3.63) is 35.0 Å². The van der Waals surface area contributed by atoms with Gasteiger partial charge in [0.05, 0.1) is 11.2 Å². The fourth-order valence-electron chi connectivity index (χ4n) is 2.93. The van der Waals surface area contributed by atoms with Crippen molar-refractivity contribution < 1.29 is 13.2 Å². The summed E-state index contributed by atoms with van der Waals surface area (Å²) in [5, 5.41) is 0.529. The number of alkyl halides is 3. The third-order valence-corrected chi connectivity index (χ3v) is 4.39. The molecule has 0 fully saturated rings. The first-order valence-electron chi connectivity index (χ1n) is 6.87. The second-order valence-electron chi connectivity index (χ2n) is 6.33. The molecule has 0 aliphatic heterocycles. The van der Waals surface area contributed by atoms with Crippen LogP contribution in [0.3, 0.4) is 0 Å². The van der Waals surface area contributed by atoms with E-state index in [4.69, 9.17) is 5.73 Å². The average molecular weight is 294 g/mol. The van der Waals surface area contributed by atoms with Gasteiger partial charge in [-0.15, -0.1) is 0 Å². The topological polar surface area (TPSA) is 38.9 Å².